The molecular formula is C22H27N3O7S. The maximum atomic E-state index is 13.1. The number of aliphatic hydroxyl groups excluding tert-OH is 1. The number of aliphatic hydroxyl groups is 1. The Morgan fingerprint density at radius 2 is 1.61 bits per heavy atom. The SMILES string of the molecule is COC(=O)C1=C(C(=O)OC)N(c2ccc(S(=O)(=O)N3CCN(CCO)CC3)cc2)C=CC=C1. The summed E-state index contributed by atoms with van der Waals surface area (Å²) >= 11 is 0. The molecule has 0 radical (unpaired) electrons. The summed E-state index contributed by atoms with van der Waals surface area (Å²) in [6.45, 7) is 2.32. The average Bonchev–Trinajstić information content (AvgIpc) is 3.07. The van der Waals surface area contributed by atoms with Gasteiger partial charge in [0, 0.05) is 44.6 Å². The molecule has 2 heterocycles. The summed E-state index contributed by atoms with van der Waals surface area (Å²) in [6.07, 6.45) is 6.24. The van der Waals surface area contributed by atoms with E-state index in [-0.39, 0.29) is 22.8 Å². The van der Waals surface area contributed by atoms with Gasteiger partial charge in [0.25, 0.3) is 0 Å². The van der Waals surface area contributed by atoms with Gasteiger partial charge in [0.1, 0.15) is 5.70 Å². The number of carbonyl (C=O) groups excluding carboxylic acids is 2. The van der Waals surface area contributed by atoms with Crippen LogP contribution in [0.1, 0.15) is 0 Å². The van der Waals surface area contributed by atoms with E-state index in [1.54, 1.807) is 30.5 Å². The lowest BCUT2D eigenvalue weighted by atomic mass is 10.1. The largest absolute Gasteiger partial charge is 0.465 e. The predicted molar refractivity (Wildman–Crippen MR) is 121 cm³/mol. The first-order valence-electron chi connectivity index (χ1n) is 10.3. The molecule has 1 saturated heterocycles. The average molecular weight is 478 g/mol. The molecule has 1 aromatic carbocycles. The Balaban J connectivity index is 1.89. The van der Waals surface area contributed by atoms with E-state index in [1.807, 2.05) is 4.90 Å². The summed E-state index contributed by atoms with van der Waals surface area (Å²) in [5, 5.41) is 9.06. The van der Waals surface area contributed by atoms with Crippen molar-refractivity contribution in [2.75, 3.05) is 58.5 Å². The first-order valence-corrected chi connectivity index (χ1v) is 11.8. The maximum absolute atomic E-state index is 13.1. The third-order valence-corrected chi connectivity index (χ3v) is 7.30. The fourth-order valence-corrected chi connectivity index (χ4v) is 5.05. The lowest BCUT2D eigenvalue weighted by molar-refractivity contribution is -0.139. The fraction of sp³-hybridized carbons (Fsp3) is 0.364. The minimum Gasteiger partial charge on any atom is -0.465 e. The number of benzene rings is 1. The number of carbonyl (C=O) groups is 2. The summed E-state index contributed by atoms with van der Waals surface area (Å²) in [7, 11) is -1.28. The molecule has 1 N–H and O–H groups in total. The van der Waals surface area contributed by atoms with Crippen molar-refractivity contribution in [2.24, 2.45) is 0 Å². The molecule has 10 nitrogen and oxygen atoms in total. The molecule has 1 fully saturated rings. The zero-order chi connectivity index (χ0) is 24.0. The second kappa shape index (κ2) is 10.8. The Morgan fingerprint density at radius 1 is 0.970 bits per heavy atom. The number of sulfonamides is 1. The monoisotopic (exact) mass is 477 g/mol. The summed E-state index contributed by atoms with van der Waals surface area (Å²) in [5.74, 6) is -1.45. The van der Waals surface area contributed by atoms with Crippen LogP contribution in [0.25, 0.3) is 0 Å². The van der Waals surface area contributed by atoms with Crippen LogP contribution in [-0.2, 0) is 29.1 Å². The molecule has 0 aromatic heterocycles. The van der Waals surface area contributed by atoms with Crippen LogP contribution in [0, 0.1) is 0 Å². The van der Waals surface area contributed by atoms with Gasteiger partial charge in [-0.2, -0.15) is 4.31 Å². The number of ether oxygens (including phenoxy) is 2. The van der Waals surface area contributed by atoms with Crippen molar-refractivity contribution < 1.29 is 32.6 Å². The molecule has 0 amide bonds. The van der Waals surface area contributed by atoms with Crippen LogP contribution < -0.4 is 4.90 Å². The predicted octanol–water partition coefficient (Wildman–Crippen LogP) is 0.475. The Kier molecular flexibility index (Phi) is 8.03. The van der Waals surface area contributed by atoms with Gasteiger partial charge in [0.2, 0.25) is 10.0 Å². The molecule has 0 aliphatic carbocycles. The molecule has 0 atom stereocenters. The summed E-state index contributed by atoms with van der Waals surface area (Å²) in [6, 6.07) is 6.04. The number of anilines is 1. The first-order chi connectivity index (χ1) is 15.8. The smallest absolute Gasteiger partial charge is 0.355 e. The topological polar surface area (TPSA) is 117 Å². The van der Waals surface area contributed by atoms with E-state index in [0.29, 0.717) is 38.4 Å². The molecule has 0 saturated carbocycles. The maximum Gasteiger partial charge on any atom is 0.355 e. The van der Waals surface area contributed by atoms with Gasteiger partial charge in [-0.3, -0.25) is 4.90 Å². The van der Waals surface area contributed by atoms with Crippen LogP contribution in [0.2, 0.25) is 0 Å². The van der Waals surface area contributed by atoms with Crippen molar-refractivity contribution in [3.05, 3.63) is 60.0 Å². The Hall–Kier alpha value is -2.99. The number of allylic oxidation sites excluding steroid dienone is 2. The van der Waals surface area contributed by atoms with Gasteiger partial charge in [-0.15, -0.1) is 0 Å². The van der Waals surface area contributed by atoms with Gasteiger partial charge in [0.05, 0.1) is 31.3 Å². The van der Waals surface area contributed by atoms with Crippen LogP contribution in [-0.4, -0.2) is 88.2 Å². The second-order valence-corrected chi connectivity index (χ2v) is 9.22. The molecule has 1 aromatic rings. The van der Waals surface area contributed by atoms with E-state index < -0.39 is 22.0 Å². The summed E-state index contributed by atoms with van der Waals surface area (Å²) < 4.78 is 37.2. The third kappa shape index (κ3) is 5.33. The van der Waals surface area contributed by atoms with Gasteiger partial charge in [0.15, 0.2) is 0 Å². The molecule has 0 spiro atoms. The highest BCUT2D eigenvalue weighted by molar-refractivity contribution is 7.89. The van der Waals surface area contributed by atoms with Crippen molar-refractivity contribution in [1.29, 1.82) is 0 Å². The van der Waals surface area contributed by atoms with E-state index in [1.165, 1.54) is 41.6 Å². The van der Waals surface area contributed by atoms with E-state index in [4.69, 9.17) is 14.6 Å². The van der Waals surface area contributed by atoms with Gasteiger partial charge in [-0.05, 0) is 36.4 Å². The van der Waals surface area contributed by atoms with Crippen LogP contribution in [0.15, 0.2) is 64.9 Å². The number of piperazine rings is 1. The van der Waals surface area contributed by atoms with Gasteiger partial charge < -0.3 is 19.5 Å². The molecule has 33 heavy (non-hydrogen) atoms. The number of rotatable bonds is 7. The Morgan fingerprint density at radius 3 is 2.18 bits per heavy atom. The minimum atomic E-state index is -3.70. The number of methoxy groups -OCH3 is 2. The van der Waals surface area contributed by atoms with Crippen LogP contribution >= 0.6 is 0 Å². The molecule has 11 heteroatoms. The fourth-order valence-electron chi connectivity index (χ4n) is 3.63. The molecule has 2 aliphatic heterocycles. The third-order valence-electron chi connectivity index (χ3n) is 5.39. The zero-order valence-electron chi connectivity index (χ0n) is 18.5. The quantitative estimate of drug-likeness (QED) is 0.560. The number of hydrogen-bond donors (Lipinski definition) is 1. The molecule has 178 valence electrons. The highest BCUT2D eigenvalue weighted by Crippen LogP contribution is 2.28. The van der Waals surface area contributed by atoms with Crippen molar-refractivity contribution in [2.45, 2.75) is 4.90 Å². The van der Waals surface area contributed by atoms with Crippen molar-refractivity contribution in [1.82, 2.24) is 9.21 Å². The minimum absolute atomic E-state index is 0.00629. The van der Waals surface area contributed by atoms with Crippen LogP contribution in [0.5, 0.6) is 0 Å². The summed E-state index contributed by atoms with van der Waals surface area (Å²) in [4.78, 5) is 28.4. The van der Waals surface area contributed by atoms with E-state index in [9.17, 15) is 18.0 Å². The van der Waals surface area contributed by atoms with Gasteiger partial charge in [-0.25, -0.2) is 18.0 Å². The molecule has 0 unspecified atom stereocenters. The van der Waals surface area contributed by atoms with Crippen LogP contribution in [0.3, 0.4) is 0 Å². The van der Waals surface area contributed by atoms with Crippen molar-refractivity contribution in [3.8, 4) is 0 Å². The lowest BCUT2D eigenvalue weighted by Crippen LogP contribution is -2.49. The molecular weight excluding hydrogens is 450 g/mol. The highest BCUT2D eigenvalue weighted by atomic mass is 32.2. The lowest BCUT2D eigenvalue weighted by Gasteiger charge is -2.33. The summed E-state index contributed by atoms with van der Waals surface area (Å²) in [5.41, 5.74) is 0.417. The number of esters is 2. The van der Waals surface area contributed by atoms with E-state index >= 15 is 0 Å². The zero-order valence-corrected chi connectivity index (χ0v) is 19.3. The number of β-amino-alcohol motifs (C(OH)–C–C–N with tert-alkyl or cyclic N) is 1. The van der Waals surface area contributed by atoms with Gasteiger partial charge >= 0.3 is 11.9 Å². The van der Waals surface area contributed by atoms with E-state index in [0.717, 1.165) is 0 Å². The Bertz CT molecular complexity index is 1070. The number of hydrogen-bond acceptors (Lipinski definition) is 9. The normalized spacial score (nSPS) is 17.7. The van der Waals surface area contributed by atoms with Crippen LogP contribution in [0.4, 0.5) is 5.69 Å². The molecule has 3 rings (SSSR count). The molecule has 2 aliphatic rings. The van der Waals surface area contributed by atoms with E-state index in [2.05, 4.69) is 0 Å². The van der Waals surface area contributed by atoms with Crippen molar-refractivity contribution >= 4 is 27.6 Å². The van der Waals surface area contributed by atoms with Crippen molar-refractivity contribution in [3.63, 3.8) is 0 Å². The van der Waals surface area contributed by atoms with Gasteiger partial charge in [-0.1, -0.05) is 6.08 Å². The number of nitrogens with zero attached hydrogens (tertiary/aromatic N) is 3. The molecule has 0 bridgehead atoms. The Labute approximate surface area is 193 Å². The highest BCUT2D eigenvalue weighted by Gasteiger charge is 2.30. The standard InChI is InChI=1S/C22H27N3O7S/c1-31-21(27)19-5-3-4-10-25(20(19)22(28)32-2)17-6-8-18(9-7-17)33(29,30)24-13-11-23(12-14-24)15-16-26/h3-10,26H,11-16H2,1-2H3. The second-order valence-electron chi connectivity index (χ2n) is 7.28. The first kappa shape index (κ1) is 24.6.